The predicted molar refractivity (Wildman–Crippen MR) is 90.5 cm³/mol. The summed E-state index contributed by atoms with van der Waals surface area (Å²) in [5.41, 5.74) is 9.14. The van der Waals surface area contributed by atoms with Crippen LogP contribution in [0.25, 0.3) is 0 Å². The molecule has 6 heteroatoms. The molecule has 6 nitrogen and oxygen atoms in total. The van der Waals surface area contributed by atoms with E-state index in [9.17, 15) is 14.4 Å². The Morgan fingerprint density at radius 3 is 2.42 bits per heavy atom. The standard InChI is InChI=1S/C18H20N2O4/c1-9-6-5-7-13(16(9)19)18(23)24-8-14(22)17-10(2)15(12(4)21)11(3)20-17/h5-7,20H,8,19H2,1-4H3. The summed E-state index contributed by atoms with van der Waals surface area (Å²) in [6, 6.07) is 5.03. The van der Waals surface area contributed by atoms with Gasteiger partial charge in [0.25, 0.3) is 0 Å². The average molecular weight is 328 g/mol. The molecule has 0 atom stereocenters. The van der Waals surface area contributed by atoms with Crippen molar-refractivity contribution in [1.82, 2.24) is 4.98 Å². The Hall–Kier alpha value is -2.89. The summed E-state index contributed by atoms with van der Waals surface area (Å²) < 4.78 is 5.07. The number of aryl methyl sites for hydroxylation is 2. The van der Waals surface area contributed by atoms with Crippen LogP contribution in [-0.2, 0) is 4.74 Å². The van der Waals surface area contributed by atoms with Crippen molar-refractivity contribution in [3.05, 3.63) is 51.8 Å². The molecular weight excluding hydrogens is 308 g/mol. The van der Waals surface area contributed by atoms with E-state index in [4.69, 9.17) is 10.5 Å². The van der Waals surface area contributed by atoms with Gasteiger partial charge in [-0.15, -0.1) is 0 Å². The van der Waals surface area contributed by atoms with E-state index in [0.717, 1.165) is 5.56 Å². The van der Waals surface area contributed by atoms with Crippen LogP contribution in [0, 0.1) is 20.8 Å². The van der Waals surface area contributed by atoms with Gasteiger partial charge in [-0.1, -0.05) is 12.1 Å². The molecule has 0 spiro atoms. The minimum absolute atomic E-state index is 0.121. The van der Waals surface area contributed by atoms with Gasteiger partial charge in [0.1, 0.15) is 0 Å². The number of ether oxygens (including phenoxy) is 1. The minimum atomic E-state index is -0.655. The summed E-state index contributed by atoms with van der Waals surface area (Å²) in [6.07, 6.45) is 0. The van der Waals surface area contributed by atoms with Crippen molar-refractivity contribution in [3.8, 4) is 0 Å². The molecular formula is C18H20N2O4. The van der Waals surface area contributed by atoms with Gasteiger partial charge < -0.3 is 15.5 Å². The fourth-order valence-corrected chi connectivity index (χ4v) is 2.70. The van der Waals surface area contributed by atoms with E-state index < -0.39 is 18.4 Å². The fraction of sp³-hybridized carbons (Fsp3) is 0.278. The number of hydrogen-bond acceptors (Lipinski definition) is 5. The average Bonchev–Trinajstić information content (AvgIpc) is 2.82. The van der Waals surface area contributed by atoms with Crippen LogP contribution in [0.3, 0.4) is 0 Å². The molecule has 0 amide bonds. The number of para-hydroxylation sites is 1. The number of Topliss-reactive ketones (excluding diaryl/α,β-unsaturated/α-hetero) is 2. The first-order valence-corrected chi connectivity index (χ1v) is 7.49. The maximum absolute atomic E-state index is 12.3. The number of H-pyrrole nitrogens is 1. The molecule has 0 saturated heterocycles. The summed E-state index contributed by atoms with van der Waals surface area (Å²) in [5.74, 6) is -1.18. The van der Waals surface area contributed by atoms with Crippen molar-refractivity contribution in [2.24, 2.45) is 0 Å². The number of nitrogens with one attached hydrogen (secondary N) is 1. The fourth-order valence-electron chi connectivity index (χ4n) is 2.70. The first-order valence-electron chi connectivity index (χ1n) is 7.49. The molecule has 1 aromatic heterocycles. The monoisotopic (exact) mass is 328 g/mol. The van der Waals surface area contributed by atoms with E-state index in [2.05, 4.69) is 4.98 Å². The van der Waals surface area contributed by atoms with E-state index in [0.29, 0.717) is 22.5 Å². The van der Waals surface area contributed by atoms with Crippen molar-refractivity contribution < 1.29 is 19.1 Å². The molecule has 24 heavy (non-hydrogen) atoms. The number of benzene rings is 1. The highest BCUT2D eigenvalue weighted by atomic mass is 16.5. The van der Waals surface area contributed by atoms with Crippen molar-refractivity contribution in [2.45, 2.75) is 27.7 Å². The highest BCUT2D eigenvalue weighted by Crippen LogP contribution is 2.20. The zero-order chi connectivity index (χ0) is 18.0. The Kier molecular flexibility index (Phi) is 4.87. The topological polar surface area (TPSA) is 102 Å². The number of ketones is 2. The summed E-state index contributed by atoms with van der Waals surface area (Å²) in [6.45, 7) is 6.21. The lowest BCUT2D eigenvalue weighted by Gasteiger charge is -2.08. The number of esters is 1. The maximum Gasteiger partial charge on any atom is 0.340 e. The number of anilines is 1. The molecule has 0 aliphatic heterocycles. The molecule has 0 aliphatic carbocycles. The Morgan fingerprint density at radius 2 is 1.83 bits per heavy atom. The van der Waals surface area contributed by atoms with Crippen LogP contribution < -0.4 is 5.73 Å². The van der Waals surface area contributed by atoms with Crippen LogP contribution in [0.2, 0.25) is 0 Å². The van der Waals surface area contributed by atoms with Gasteiger partial charge in [0.05, 0.1) is 11.3 Å². The zero-order valence-corrected chi connectivity index (χ0v) is 14.1. The molecule has 0 fully saturated rings. The molecule has 2 aromatic rings. The van der Waals surface area contributed by atoms with Gasteiger partial charge in [0, 0.05) is 16.9 Å². The molecule has 2 rings (SSSR count). The van der Waals surface area contributed by atoms with Gasteiger partial charge in [-0.05, 0) is 44.9 Å². The molecule has 0 saturated carbocycles. The SMILES string of the molecule is CC(=O)c1c(C)[nH]c(C(=O)COC(=O)c2cccc(C)c2N)c1C. The van der Waals surface area contributed by atoms with E-state index >= 15 is 0 Å². The highest BCUT2D eigenvalue weighted by Gasteiger charge is 2.21. The van der Waals surface area contributed by atoms with Gasteiger partial charge >= 0.3 is 5.97 Å². The molecule has 0 aliphatic rings. The number of nitrogens with two attached hydrogens (primary N) is 1. The maximum atomic E-state index is 12.3. The second-order valence-corrected chi connectivity index (χ2v) is 5.72. The predicted octanol–water partition coefficient (Wildman–Crippen LogP) is 2.76. The smallest absolute Gasteiger partial charge is 0.340 e. The van der Waals surface area contributed by atoms with Gasteiger partial charge in [-0.2, -0.15) is 0 Å². The van der Waals surface area contributed by atoms with Gasteiger partial charge in [-0.3, -0.25) is 9.59 Å². The number of rotatable bonds is 5. The van der Waals surface area contributed by atoms with Gasteiger partial charge in [0.15, 0.2) is 12.4 Å². The summed E-state index contributed by atoms with van der Waals surface area (Å²) in [5, 5.41) is 0. The number of aromatic amines is 1. The van der Waals surface area contributed by atoms with Crippen LogP contribution in [0.5, 0.6) is 0 Å². The Morgan fingerprint density at radius 1 is 1.17 bits per heavy atom. The lowest BCUT2D eigenvalue weighted by Crippen LogP contribution is -2.16. The van der Waals surface area contributed by atoms with E-state index in [1.165, 1.54) is 6.92 Å². The molecule has 126 valence electrons. The third kappa shape index (κ3) is 3.22. The normalized spacial score (nSPS) is 10.5. The molecule has 0 bridgehead atoms. The summed E-state index contributed by atoms with van der Waals surface area (Å²) in [7, 11) is 0. The zero-order valence-electron chi connectivity index (χ0n) is 14.1. The van der Waals surface area contributed by atoms with E-state index in [1.54, 1.807) is 39.0 Å². The highest BCUT2D eigenvalue weighted by molar-refractivity contribution is 6.04. The van der Waals surface area contributed by atoms with E-state index in [-0.39, 0.29) is 17.0 Å². The first kappa shape index (κ1) is 17.5. The van der Waals surface area contributed by atoms with Gasteiger partial charge in [-0.25, -0.2) is 4.79 Å². The molecule has 1 aromatic carbocycles. The third-order valence-corrected chi connectivity index (χ3v) is 3.95. The number of carbonyl (C=O) groups is 3. The molecule has 0 radical (unpaired) electrons. The quantitative estimate of drug-likeness (QED) is 0.499. The lowest BCUT2D eigenvalue weighted by molar-refractivity contribution is 0.0474. The molecule has 3 N–H and O–H groups in total. The van der Waals surface area contributed by atoms with Crippen molar-refractivity contribution in [3.63, 3.8) is 0 Å². The second kappa shape index (κ2) is 6.70. The Balaban J connectivity index is 2.14. The van der Waals surface area contributed by atoms with Crippen molar-refractivity contribution >= 4 is 23.2 Å². The van der Waals surface area contributed by atoms with Crippen LogP contribution in [0.4, 0.5) is 5.69 Å². The second-order valence-electron chi connectivity index (χ2n) is 5.72. The number of hydrogen-bond donors (Lipinski definition) is 2. The molecule has 1 heterocycles. The van der Waals surface area contributed by atoms with E-state index in [1.807, 2.05) is 0 Å². The Bertz CT molecular complexity index is 834. The van der Waals surface area contributed by atoms with Crippen LogP contribution in [-0.4, -0.2) is 29.1 Å². The third-order valence-electron chi connectivity index (χ3n) is 3.95. The molecule has 0 unspecified atom stereocenters. The van der Waals surface area contributed by atoms with Crippen molar-refractivity contribution in [1.29, 1.82) is 0 Å². The number of nitrogen functional groups attached to an aromatic ring is 1. The van der Waals surface area contributed by atoms with Crippen LogP contribution in [0.15, 0.2) is 18.2 Å². The van der Waals surface area contributed by atoms with Crippen LogP contribution in [0.1, 0.15) is 54.9 Å². The van der Waals surface area contributed by atoms with Crippen LogP contribution >= 0.6 is 0 Å². The van der Waals surface area contributed by atoms with Gasteiger partial charge in [0.2, 0.25) is 5.78 Å². The Labute approximate surface area is 140 Å². The van der Waals surface area contributed by atoms with Crippen molar-refractivity contribution in [2.75, 3.05) is 12.3 Å². The summed E-state index contributed by atoms with van der Waals surface area (Å²) >= 11 is 0. The minimum Gasteiger partial charge on any atom is -0.454 e. The number of aromatic nitrogens is 1. The lowest BCUT2D eigenvalue weighted by atomic mass is 10.1. The number of carbonyl (C=O) groups excluding carboxylic acids is 3. The first-order chi connectivity index (χ1) is 11.2. The largest absolute Gasteiger partial charge is 0.454 e. The summed E-state index contributed by atoms with van der Waals surface area (Å²) in [4.78, 5) is 38.9.